The number of halogens is 1. The molecule has 2 heterocycles. The quantitative estimate of drug-likeness (QED) is 0.654. The second-order valence-corrected chi connectivity index (χ2v) is 8.02. The Morgan fingerprint density at radius 1 is 1.35 bits per heavy atom. The molecular weight excluding hydrogens is 398 g/mol. The summed E-state index contributed by atoms with van der Waals surface area (Å²) < 4.78 is 1.01. The third-order valence-electron chi connectivity index (χ3n) is 4.02. The van der Waals surface area contributed by atoms with E-state index in [1.165, 1.54) is 0 Å². The number of carbonyl (C=O) groups is 1. The van der Waals surface area contributed by atoms with Crippen molar-refractivity contribution >= 4 is 27.7 Å². The van der Waals surface area contributed by atoms with Crippen molar-refractivity contribution in [3.05, 3.63) is 33.2 Å². The van der Waals surface area contributed by atoms with Crippen LogP contribution in [0.25, 0.3) is 5.82 Å². The third kappa shape index (κ3) is 4.96. The molecular formula is C18H24BrN5O2. The van der Waals surface area contributed by atoms with Crippen molar-refractivity contribution in [1.29, 1.82) is 5.26 Å². The number of fused-ring (bicyclic) bond motifs is 1. The number of rotatable bonds is 1. The highest BCUT2D eigenvalue weighted by Gasteiger charge is 2.22. The highest BCUT2D eigenvalue weighted by Crippen LogP contribution is 2.13. The monoisotopic (exact) mass is 421 g/mol. The number of nitrogens with one attached hydrogen (secondary N) is 1. The van der Waals surface area contributed by atoms with Gasteiger partial charge >= 0.3 is 5.97 Å². The lowest BCUT2D eigenvalue weighted by molar-refractivity contribution is -0.145. The zero-order valence-corrected chi connectivity index (χ0v) is 16.9. The Kier molecular flexibility index (Phi) is 6.62. The topological polar surface area (TPSA) is 92.0 Å². The van der Waals surface area contributed by atoms with Crippen LogP contribution in [0.1, 0.15) is 20.8 Å². The lowest BCUT2D eigenvalue weighted by Crippen LogP contribution is -2.51. The average molecular weight is 422 g/mol. The van der Waals surface area contributed by atoms with Crippen molar-refractivity contribution < 1.29 is 9.90 Å². The Hall–Kier alpha value is -2.11. The van der Waals surface area contributed by atoms with Crippen LogP contribution in [0.15, 0.2) is 27.7 Å². The first-order valence-electron chi connectivity index (χ1n) is 8.44. The predicted molar refractivity (Wildman–Crippen MR) is 102 cm³/mol. The summed E-state index contributed by atoms with van der Waals surface area (Å²) in [5.74, 6) is 0.225. The molecule has 1 aromatic rings. The normalized spacial score (nSPS) is 16.7. The molecule has 2 aliphatic heterocycles. The zero-order valence-electron chi connectivity index (χ0n) is 15.3. The number of nitrogens with zero attached hydrogens (tertiary/aromatic N) is 4. The molecule has 1 saturated heterocycles. The van der Waals surface area contributed by atoms with Crippen LogP contribution in [0, 0.1) is 16.9 Å². The summed E-state index contributed by atoms with van der Waals surface area (Å²) in [4.78, 5) is 18.4. The molecule has 0 aromatic heterocycles. The van der Waals surface area contributed by atoms with Gasteiger partial charge in [0.2, 0.25) is 0 Å². The summed E-state index contributed by atoms with van der Waals surface area (Å²) in [5.41, 5.74) is -0.583. The summed E-state index contributed by atoms with van der Waals surface area (Å²) in [6.45, 7) is 9.12. The average Bonchev–Trinajstić information content (AvgIpc) is 2.61. The molecule has 2 N–H and O–H groups in total. The number of carboxylic acid groups (broad SMARTS) is 1. The van der Waals surface area contributed by atoms with Crippen LogP contribution >= 0.6 is 15.9 Å². The molecule has 0 aliphatic carbocycles. The van der Waals surface area contributed by atoms with Crippen molar-refractivity contribution in [2.45, 2.75) is 20.8 Å². The highest BCUT2D eigenvalue weighted by molar-refractivity contribution is 9.10. The minimum Gasteiger partial charge on any atom is -0.481 e. The van der Waals surface area contributed by atoms with Crippen LogP contribution in [0.3, 0.4) is 0 Å². The minimum atomic E-state index is -0.757. The molecule has 3 rings (SSSR count). The molecule has 8 heteroatoms. The Labute approximate surface area is 161 Å². The van der Waals surface area contributed by atoms with Crippen LogP contribution in [0.4, 0.5) is 0 Å². The summed E-state index contributed by atoms with van der Waals surface area (Å²) >= 11 is 3.50. The van der Waals surface area contributed by atoms with Crippen molar-refractivity contribution in [3.63, 3.8) is 0 Å². The number of hydrogen-bond donors (Lipinski definition) is 2. The first kappa shape index (κ1) is 20.2. The Balaban J connectivity index is 0.000000298. The first-order chi connectivity index (χ1) is 12.2. The molecule has 1 aromatic carbocycles. The third-order valence-corrected chi connectivity index (χ3v) is 4.51. The van der Waals surface area contributed by atoms with Gasteiger partial charge in [-0.3, -0.25) is 9.79 Å². The smallest absolute Gasteiger partial charge is 0.308 e. The number of nitriles is 1. The van der Waals surface area contributed by atoms with E-state index in [0.717, 1.165) is 47.0 Å². The van der Waals surface area contributed by atoms with Gasteiger partial charge in [-0.2, -0.15) is 5.26 Å². The van der Waals surface area contributed by atoms with Crippen LogP contribution in [-0.4, -0.2) is 53.7 Å². The Morgan fingerprint density at radius 2 is 1.96 bits per heavy atom. The predicted octanol–water partition coefficient (Wildman–Crippen LogP) is 0.911. The van der Waals surface area contributed by atoms with Crippen molar-refractivity contribution in [3.8, 4) is 6.19 Å². The van der Waals surface area contributed by atoms with Gasteiger partial charge in [0.25, 0.3) is 0 Å². The van der Waals surface area contributed by atoms with Gasteiger partial charge in [-0.1, -0.05) is 15.9 Å². The van der Waals surface area contributed by atoms with Crippen LogP contribution in [-0.2, 0) is 4.79 Å². The fraction of sp³-hybridized carbons (Fsp3) is 0.500. The van der Waals surface area contributed by atoms with E-state index in [9.17, 15) is 10.1 Å². The lowest BCUT2D eigenvalue weighted by atomic mass is 9.98. The lowest BCUT2D eigenvalue weighted by Gasteiger charge is -2.35. The molecule has 0 spiro atoms. The summed E-state index contributed by atoms with van der Waals surface area (Å²) in [6.07, 6.45) is 2.24. The van der Waals surface area contributed by atoms with Gasteiger partial charge in [0.15, 0.2) is 6.19 Å². The van der Waals surface area contributed by atoms with E-state index in [1.807, 2.05) is 18.2 Å². The fourth-order valence-electron chi connectivity index (χ4n) is 2.48. The molecule has 0 saturated carbocycles. The molecule has 0 unspecified atom stereocenters. The first-order valence-corrected chi connectivity index (χ1v) is 9.24. The van der Waals surface area contributed by atoms with Gasteiger partial charge in [-0.15, -0.1) is 0 Å². The van der Waals surface area contributed by atoms with Gasteiger partial charge in [0.1, 0.15) is 12.5 Å². The summed E-state index contributed by atoms with van der Waals surface area (Å²) in [7, 11) is 0. The summed E-state index contributed by atoms with van der Waals surface area (Å²) in [6, 6.07) is 6.02. The van der Waals surface area contributed by atoms with E-state index in [-0.39, 0.29) is 0 Å². The maximum Gasteiger partial charge on any atom is 0.308 e. The minimum absolute atomic E-state index is 0.407. The molecule has 1 fully saturated rings. The van der Waals surface area contributed by atoms with Gasteiger partial charge in [0.05, 0.1) is 10.8 Å². The maximum atomic E-state index is 10.0. The molecule has 0 radical (unpaired) electrons. The highest BCUT2D eigenvalue weighted by atomic mass is 79.9. The molecule has 0 amide bonds. The van der Waals surface area contributed by atoms with E-state index in [2.05, 4.69) is 37.3 Å². The number of benzene rings is 1. The Bertz CT molecular complexity index is 819. The molecule has 140 valence electrons. The van der Waals surface area contributed by atoms with Crippen molar-refractivity contribution in [2.24, 2.45) is 10.4 Å². The molecule has 2 aliphatic rings. The largest absolute Gasteiger partial charge is 0.481 e. The standard InChI is InChI=1S/C13H14BrN5.C5H10O2/c14-10-1-2-12-11(7-10)13(19(8-15)9-17-12)18-5-3-16-4-6-18;1-5(2,3)4(6)7/h1-2,7,16H,3-6,9H2;1-3H3,(H,6,7). The molecule has 7 nitrogen and oxygen atoms in total. The van der Waals surface area contributed by atoms with Crippen molar-refractivity contribution in [1.82, 2.24) is 15.1 Å². The van der Waals surface area contributed by atoms with Gasteiger partial charge < -0.3 is 15.3 Å². The molecule has 0 atom stereocenters. The maximum absolute atomic E-state index is 10.0. The second kappa shape index (κ2) is 8.52. The van der Waals surface area contributed by atoms with Crippen LogP contribution in [0.2, 0.25) is 0 Å². The zero-order chi connectivity index (χ0) is 19.3. The van der Waals surface area contributed by atoms with E-state index >= 15 is 0 Å². The number of piperazine rings is 1. The number of hydrogen-bond acceptors (Lipinski definition) is 6. The SMILES string of the molecule is CC(C)(C)C(=O)O.N#CN1CN=c2ccc(Br)cc2=C1N1CCNCC1. The van der Waals surface area contributed by atoms with E-state index in [0.29, 0.717) is 6.67 Å². The van der Waals surface area contributed by atoms with Gasteiger partial charge in [-0.05, 0) is 39.0 Å². The van der Waals surface area contributed by atoms with Crippen LogP contribution in [0.5, 0.6) is 0 Å². The van der Waals surface area contributed by atoms with Crippen molar-refractivity contribution in [2.75, 3.05) is 32.8 Å². The number of carboxylic acids is 1. The molecule has 26 heavy (non-hydrogen) atoms. The second-order valence-electron chi connectivity index (χ2n) is 7.10. The fourth-order valence-corrected chi connectivity index (χ4v) is 2.84. The summed E-state index contributed by atoms with van der Waals surface area (Å²) in [5, 5.41) is 22.9. The van der Waals surface area contributed by atoms with Crippen LogP contribution < -0.4 is 15.9 Å². The van der Waals surface area contributed by atoms with Gasteiger partial charge in [-0.25, -0.2) is 4.90 Å². The molecule has 0 bridgehead atoms. The van der Waals surface area contributed by atoms with E-state index in [1.54, 1.807) is 25.7 Å². The van der Waals surface area contributed by atoms with E-state index in [4.69, 9.17) is 5.11 Å². The van der Waals surface area contributed by atoms with E-state index < -0.39 is 11.4 Å². The number of aliphatic carboxylic acids is 1. The Morgan fingerprint density at radius 3 is 2.50 bits per heavy atom. The van der Waals surface area contributed by atoms with Gasteiger partial charge in [0, 0.05) is 35.9 Å².